The molecule has 0 amide bonds. The van der Waals surface area contributed by atoms with Crippen LogP contribution < -0.4 is 5.69 Å². The Kier molecular flexibility index (Phi) is 4.50. The van der Waals surface area contributed by atoms with Crippen molar-refractivity contribution in [3.05, 3.63) is 33.8 Å². The molecule has 0 aromatic carbocycles. The van der Waals surface area contributed by atoms with Crippen molar-refractivity contribution in [3.8, 4) is 0 Å². The second-order valence-electron chi connectivity index (χ2n) is 7.57. The van der Waals surface area contributed by atoms with E-state index in [1.807, 2.05) is 6.92 Å². The quantitative estimate of drug-likeness (QED) is 0.865. The maximum atomic E-state index is 11.7. The molecule has 3 heterocycles. The Hall–Kier alpha value is -1.89. The Morgan fingerprint density at radius 2 is 2.00 bits per heavy atom. The predicted octanol–water partition coefficient (Wildman–Crippen LogP) is 1.66. The molecule has 136 valence electrons. The lowest BCUT2D eigenvalue weighted by atomic mass is 9.93. The highest BCUT2D eigenvalue weighted by atomic mass is 16.1. The number of nitrogens with one attached hydrogen (secondary N) is 1. The number of piperidine rings is 1. The predicted molar refractivity (Wildman–Crippen MR) is 95.4 cm³/mol. The Balaban J connectivity index is 1.33. The standard InChI is InChI=1S/C18H28N6O/c1-3-24-16(20-21-18(24)25)10-13-6-8-23(9-7-13)12-15-11-19-22(2)17(15)14-4-5-14/h11,13-14H,3-10,12H2,1-2H3,(H,21,25). The van der Waals surface area contributed by atoms with Gasteiger partial charge in [-0.25, -0.2) is 9.89 Å². The number of aromatic nitrogens is 5. The molecule has 0 unspecified atom stereocenters. The second-order valence-corrected chi connectivity index (χ2v) is 7.57. The molecule has 0 spiro atoms. The van der Waals surface area contributed by atoms with E-state index >= 15 is 0 Å². The molecule has 4 rings (SSSR count). The molecule has 1 saturated heterocycles. The molecule has 2 aromatic heterocycles. The van der Waals surface area contributed by atoms with Crippen molar-refractivity contribution in [3.63, 3.8) is 0 Å². The Morgan fingerprint density at radius 3 is 2.68 bits per heavy atom. The van der Waals surface area contributed by atoms with Crippen LogP contribution in [0.5, 0.6) is 0 Å². The molecule has 2 aromatic rings. The van der Waals surface area contributed by atoms with E-state index in [0.29, 0.717) is 12.5 Å². The summed E-state index contributed by atoms with van der Waals surface area (Å²) in [6, 6.07) is 0. The smallest absolute Gasteiger partial charge is 0.299 e. The lowest BCUT2D eigenvalue weighted by Crippen LogP contribution is -2.34. The van der Waals surface area contributed by atoms with Crippen molar-refractivity contribution in [2.45, 2.75) is 58.0 Å². The Bertz CT molecular complexity index is 776. The number of aromatic amines is 1. The first-order valence-corrected chi connectivity index (χ1v) is 9.53. The summed E-state index contributed by atoms with van der Waals surface area (Å²) < 4.78 is 3.82. The molecular weight excluding hydrogens is 316 g/mol. The average Bonchev–Trinajstić information content (AvgIpc) is 3.29. The molecule has 0 atom stereocenters. The molecule has 1 aliphatic carbocycles. The van der Waals surface area contributed by atoms with Gasteiger partial charge in [0, 0.05) is 43.7 Å². The van der Waals surface area contributed by atoms with E-state index < -0.39 is 0 Å². The highest BCUT2D eigenvalue weighted by molar-refractivity contribution is 5.25. The van der Waals surface area contributed by atoms with Gasteiger partial charge in [-0.1, -0.05) is 0 Å². The van der Waals surface area contributed by atoms with Gasteiger partial charge in [0.15, 0.2) is 0 Å². The van der Waals surface area contributed by atoms with E-state index in [-0.39, 0.29) is 5.69 Å². The third-order valence-corrected chi connectivity index (χ3v) is 5.75. The number of H-pyrrole nitrogens is 1. The first kappa shape index (κ1) is 16.6. The van der Waals surface area contributed by atoms with Gasteiger partial charge in [-0.15, -0.1) is 0 Å². The highest BCUT2D eigenvalue weighted by Crippen LogP contribution is 2.41. The molecule has 2 aliphatic rings. The molecule has 2 fully saturated rings. The van der Waals surface area contributed by atoms with E-state index in [2.05, 4.69) is 38.1 Å². The second kappa shape index (κ2) is 6.78. The van der Waals surface area contributed by atoms with E-state index in [1.54, 1.807) is 4.57 Å². The van der Waals surface area contributed by atoms with Gasteiger partial charge < -0.3 is 0 Å². The van der Waals surface area contributed by atoms with Crippen LogP contribution in [0.4, 0.5) is 0 Å². The molecule has 7 nitrogen and oxygen atoms in total. The first-order chi connectivity index (χ1) is 12.2. The minimum Gasteiger partial charge on any atom is -0.299 e. The zero-order valence-corrected chi connectivity index (χ0v) is 15.2. The molecule has 1 N–H and O–H groups in total. The van der Waals surface area contributed by atoms with Gasteiger partial charge in [-0.2, -0.15) is 10.2 Å². The van der Waals surface area contributed by atoms with Crippen LogP contribution in [0.3, 0.4) is 0 Å². The van der Waals surface area contributed by atoms with Gasteiger partial charge in [-0.3, -0.25) is 14.1 Å². The Morgan fingerprint density at radius 1 is 1.24 bits per heavy atom. The number of rotatable bonds is 6. The van der Waals surface area contributed by atoms with Crippen molar-refractivity contribution < 1.29 is 0 Å². The average molecular weight is 344 g/mol. The summed E-state index contributed by atoms with van der Waals surface area (Å²) in [5.41, 5.74) is 2.78. The molecule has 0 bridgehead atoms. The number of likely N-dealkylation sites (tertiary alicyclic amines) is 1. The van der Waals surface area contributed by atoms with Crippen LogP contribution in [-0.4, -0.2) is 42.5 Å². The van der Waals surface area contributed by atoms with E-state index in [0.717, 1.165) is 37.8 Å². The van der Waals surface area contributed by atoms with Crippen molar-refractivity contribution in [2.24, 2.45) is 13.0 Å². The van der Waals surface area contributed by atoms with Crippen LogP contribution >= 0.6 is 0 Å². The van der Waals surface area contributed by atoms with Gasteiger partial charge >= 0.3 is 5.69 Å². The van der Waals surface area contributed by atoms with Crippen LogP contribution in [-0.2, 0) is 26.6 Å². The van der Waals surface area contributed by atoms with Gasteiger partial charge in [0.05, 0.1) is 6.20 Å². The topological polar surface area (TPSA) is 71.7 Å². The van der Waals surface area contributed by atoms with Gasteiger partial charge in [0.2, 0.25) is 0 Å². The van der Waals surface area contributed by atoms with Gasteiger partial charge in [0.25, 0.3) is 0 Å². The Labute approximate surface area is 148 Å². The summed E-state index contributed by atoms with van der Waals surface area (Å²) in [6.45, 7) is 5.94. The molecule has 25 heavy (non-hydrogen) atoms. The van der Waals surface area contributed by atoms with Gasteiger partial charge in [0.1, 0.15) is 5.82 Å². The normalized spacial score (nSPS) is 19.6. The van der Waals surface area contributed by atoms with Crippen molar-refractivity contribution in [2.75, 3.05) is 13.1 Å². The summed E-state index contributed by atoms with van der Waals surface area (Å²) in [5.74, 6) is 2.27. The fourth-order valence-corrected chi connectivity index (χ4v) is 4.18. The highest BCUT2D eigenvalue weighted by Gasteiger charge is 2.30. The molecule has 1 aliphatic heterocycles. The largest absolute Gasteiger partial charge is 0.343 e. The SMILES string of the molecule is CCn1c(CC2CCN(Cc3cnn(C)c3C3CC3)CC2)n[nH]c1=O. The monoisotopic (exact) mass is 344 g/mol. The summed E-state index contributed by atoms with van der Waals surface area (Å²) in [4.78, 5) is 14.2. The lowest BCUT2D eigenvalue weighted by molar-refractivity contribution is 0.175. The van der Waals surface area contributed by atoms with Crippen molar-refractivity contribution >= 4 is 0 Å². The van der Waals surface area contributed by atoms with Crippen LogP contribution in [0.2, 0.25) is 0 Å². The van der Waals surface area contributed by atoms with Crippen LogP contribution in [0.1, 0.15) is 55.6 Å². The molecular formula is C18H28N6O. The van der Waals surface area contributed by atoms with E-state index in [4.69, 9.17) is 0 Å². The van der Waals surface area contributed by atoms with Crippen molar-refractivity contribution in [1.29, 1.82) is 0 Å². The minimum atomic E-state index is -0.0841. The van der Waals surface area contributed by atoms with Crippen LogP contribution in [0.25, 0.3) is 0 Å². The maximum absolute atomic E-state index is 11.7. The number of nitrogens with zero attached hydrogens (tertiary/aromatic N) is 5. The number of hydrogen-bond donors (Lipinski definition) is 1. The zero-order chi connectivity index (χ0) is 17.4. The maximum Gasteiger partial charge on any atom is 0.343 e. The molecule has 0 radical (unpaired) electrons. The number of hydrogen-bond acceptors (Lipinski definition) is 4. The third-order valence-electron chi connectivity index (χ3n) is 5.75. The molecule has 7 heteroatoms. The summed E-state index contributed by atoms with van der Waals surface area (Å²) >= 11 is 0. The van der Waals surface area contributed by atoms with E-state index in [1.165, 1.54) is 36.9 Å². The summed E-state index contributed by atoms with van der Waals surface area (Å²) in [5, 5.41) is 11.3. The number of aryl methyl sites for hydroxylation is 1. The van der Waals surface area contributed by atoms with Crippen LogP contribution in [0, 0.1) is 5.92 Å². The third kappa shape index (κ3) is 3.42. The van der Waals surface area contributed by atoms with E-state index in [9.17, 15) is 4.79 Å². The summed E-state index contributed by atoms with van der Waals surface area (Å²) in [7, 11) is 2.07. The fraction of sp³-hybridized carbons (Fsp3) is 0.722. The molecule has 1 saturated carbocycles. The van der Waals surface area contributed by atoms with Crippen LogP contribution in [0.15, 0.2) is 11.0 Å². The zero-order valence-electron chi connectivity index (χ0n) is 15.2. The summed E-state index contributed by atoms with van der Waals surface area (Å²) in [6.07, 6.45) is 7.94. The minimum absolute atomic E-state index is 0.0841. The lowest BCUT2D eigenvalue weighted by Gasteiger charge is -2.31. The van der Waals surface area contributed by atoms with Gasteiger partial charge in [-0.05, 0) is 51.6 Å². The first-order valence-electron chi connectivity index (χ1n) is 9.53. The van der Waals surface area contributed by atoms with Crippen molar-refractivity contribution in [1.82, 2.24) is 29.4 Å². The fourth-order valence-electron chi connectivity index (χ4n) is 4.18.